The molecule has 1 saturated carbocycles. The molecule has 318 valence electrons. The van der Waals surface area contributed by atoms with E-state index in [0.717, 1.165) is 74.0 Å². The van der Waals surface area contributed by atoms with Crippen molar-refractivity contribution >= 4 is 23.5 Å². The molecule has 1 aromatic rings. The SMILES string of the molecule is CCNC1C=C2C=CCCC2CC1COC(=O)C12OC1(CC=C(C)C1(C(NC(N)=NC)C3=CCNC(NCNC)=C3)CCCC1)C(=O)c1cccc(CC(C)C)c1C2=O. The Balaban J connectivity index is 1.24. The Hall–Kier alpha value is -4.52. The molecule has 7 rings (SSSR count). The Morgan fingerprint density at radius 1 is 1.19 bits per heavy atom. The van der Waals surface area contributed by atoms with Crippen molar-refractivity contribution in [1.29, 1.82) is 0 Å². The molecule has 1 saturated heterocycles. The lowest BCUT2D eigenvalue weighted by atomic mass is 9.67. The highest BCUT2D eigenvalue weighted by Crippen LogP contribution is 2.60. The highest BCUT2D eigenvalue weighted by atomic mass is 16.7. The number of dihydropyridines is 1. The summed E-state index contributed by atoms with van der Waals surface area (Å²) in [6.07, 6.45) is 20.4. The van der Waals surface area contributed by atoms with Crippen LogP contribution in [0, 0.1) is 23.2 Å². The third-order valence-electron chi connectivity index (χ3n) is 13.7. The minimum Gasteiger partial charge on any atom is -0.463 e. The van der Waals surface area contributed by atoms with Gasteiger partial charge in [-0.2, -0.15) is 0 Å². The lowest BCUT2D eigenvalue weighted by Crippen LogP contribution is -2.52. The first-order chi connectivity index (χ1) is 28.4. The van der Waals surface area contributed by atoms with Crippen molar-refractivity contribution in [3.8, 4) is 0 Å². The maximum atomic E-state index is 15.0. The largest absolute Gasteiger partial charge is 0.463 e. The fraction of sp³-hybridized carbons (Fsp3) is 0.574. The molecule has 0 spiro atoms. The van der Waals surface area contributed by atoms with Gasteiger partial charge in [0.1, 0.15) is 5.82 Å². The third-order valence-corrected chi connectivity index (χ3v) is 13.7. The minimum absolute atomic E-state index is 0.0158. The van der Waals surface area contributed by atoms with Crippen molar-refractivity contribution in [1.82, 2.24) is 26.6 Å². The summed E-state index contributed by atoms with van der Waals surface area (Å²) < 4.78 is 12.7. The average Bonchev–Trinajstić information content (AvgIpc) is 3.71. The number of esters is 1. The number of epoxide rings is 1. The predicted molar refractivity (Wildman–Crippen MR) is 232 cm³/mol. The molecule has 0 amide bonds. The van der Waals surface area contributed by atoms with Crippen LogP contribution in [0.2, 0.25) is 0 Å². The molecule has 2 aliphatic heterocycles. The number of ketones is 2. The van der Waals surface area contributed by atoms with Crippen LogP contribution in [0.15, 0.2) is 82.2 Å². The molecule has 59 heavy (non-hydrogen) atoms. The van der Waals surface area contributed by atoms with Gasteiger partial charge in [0.2, 0.25) is 5.78 Å². The summed E-state index contributed by atoms with van der Waals surface area (Å²) in [7, 11) is 3.56. The Morgan fingerprint density at radius 3 is 2.71 bits per heavy atom. The second-order valence-electron chi connectivity index (χ2n) is 17.7. The van der Waals surface area contributed by atoms with Crippen molar-refractivity contribution in [3.63, 3.8) is 0 Å². The fourth-order valence-corrected chi connectivity index (χ4v) is 10.6. The van der Waals surface area contributed by atoms with E-state index in [1.54, 1.807) is 13.1 Å². The van der Waals surface area contributed by atoms with Gasteiger partial charge in [0, 0.05) is 48.5 Å². The number of rotatable bonds is 16. The summed E-state index contributed by atoms with van der Waals surface area (Å²) in [4.78, 5) is 49.0. The predicted octanol–water partition coefficient (Wildman–Crippen LogP) is 5.14. The number of benzene rings is 1. The van der Waals surface area contributed by atoms with Crippen LogP contribution in [0.3, 0.4) is 0 Å². The summed E-state index contributed by atoms with van der Waals surface area (Å²) in [6.45, 7) is 10.5. The zero-order valence-electron chi connectivity index (χ0n) is 35.8. The maximum absolute atomic E-state index is 15.0. The molecule has 6 aliphatic rings. The number of hydrogen-bond donors (Lipinski definition) is 6. The topological polar surface area (TPSA) is 171 Å². The van der Waals surface area contributed by atoms with Gasteiger partial charge in [-0.15, -0.1) is 0 Å². The molecule has 4 aliphatic carbocycles. The number of hydrogen-bond acceptors (Lipinski definition) is 10. The molecule has 1 aromatic carbocycles. The van der Waals surface area contributed by atoms with Crippen LogP contribution in [-0.4, -0.2) is 87.2 Å². The van der Waals surface area contributed by atoms with Crippen LogP contribution in [0.1, 0.15) is 105 Å². The quantitative estimate of drug-likeness (QED) is 0.0249. The number of aliphatic imine (C=N–C) groups is 1. The fourth-order valence-electron chi connectivity index (χ4n) is 10.6. The van der Waals surface area contributed by atoms with Gasteiger partial charge in [-0.25, -0.2) is 4.79 Å². The second-order valence-corrected chi connectivity index (χ2v) is 17.7. The number of carbonyl (C=O) groups is 3. The molecule has 0 aromatic heterocycles. The molecule has 6 unspecified atom stereocenters. The standard InChI is InChI=1S/C47H65N7O5/c1-7-51-37-25-32-14-9-8-13-31(32)24-35(37)27-58-43(57)47-42(56)39-33(23-29(2)3)15-12-16-36(39)41(55)46(47,59-47)21-17-30(4)45(19-10-11-20-45)40(54-44(48)50-6)34-18-22-52-38(26-34)53-28-49-5/h9,12,14-18,25-26,29,31,35,37,40,49,51-53H,7-8,10-11,13,19-24,27-28H2,1-6H3,(H3,48,50,54). The molecule has 12 nitrogen and oxygen atoms in total. The minimum atomic E-state index is -2.06. The molecule has 7 N–H and O–H groups in total. The van der Waals surface area contributed by atoms with E-state index in [4.69, 9.17) is 15.2 Å². The van der Waals surface area contributed by atoms with E-state index in [-0.39, 0.29) is 42.7 Å². The van der Waals surface area contributed by atoms with Gasteiger partial charge in [0.25, 0.3) is 5.60 Å². The van der Waals surface area contributed by atoms with Crippen LogP contribution in [-0.2, 0) is 20.7 Å². The Labute approximate surface area is 350 Å². The molecule has 2 fully saturated rings. The molecule has 0 bridgehead atoms. The van der Waals surface area contributed by atoms with Crippen LogP contribution >= 0.6 is 0 Å². The van der Waals surface area contributed by atoms with E-state index in [1.807, 2.05) is 25.3 Å². The van der Waals surface area contributed by atoms with Crippen LogP contribution < -0.4 is 32.3 Å². The molecule has 2 heterocycles. The number of fused-ring (bicyclic) bond motifs is 3. The van der Waals surface area contributed by atoms with E-state index in [0.29, 0.717) is 42.6 Å². The summed E-state index contributed by atoms with van der Waals surface area (Å²) in [5, 5.41) is 17.1. The summed E-state index contributed by atoms with van der Waals surface area (Å²) in [5.74, 6) is 0.291. The van der Waals surface area contributed by atoms with E-state index < -0.39 is 28.4 Å². The number of carbonyl (C=O) groups excluding carboxylic acids is 3. The summed E-state index contributed by atoms with van der Waals surface area (Å²) >= 11 is 0. The third kappa shape index (κ3) is 7.84. The second kappa shape index (κ2) is 17.6. The van der Waals surface area contributed by atoms with E-state index in [2.05, 4.69) is 89.7 Å². The van der Waals surface area contributed by atoms with E-state index in [1.165, 1.54) is 5.57 Å². The van der Waals surface area contributed by atoms with Crippen LogP contribution in [0.4, 0.5) is 0 Å². The molecule has 12 heteroatoms. The Kier molecular flexibility index (Phi) is 12.7. The van der Waals surface area contributed by atoms with Crippen molar-refractivity contribution in [2.45, 2.75) is 109 Å². The number of ether oxygens (including phenoxy) is 2. The first kappa shape index (κ1) is 42.6. The number of nitrogens with two attached hydrogens (primary N) is 1. The van der Waals surface area contributed by atoms with E-state index in [9.17, 15) is 9.59 Å². The normalized spacial score (nSPS) is 29.0. The van der Waals surface area contributed by atoms with Crippen LogP contribution in [0.25, 0.3) is 0 Å². The molecule has 0 radical (unpaired) electrons. The number of guanidine groups is 1. The first-order valence-electron chi connectivity index (χ1n) is 21.8. The van der Waals surface area contributed by atoms with Crippen molar-refractivity contribution in [2.75, 3.05) is 40.5 Å². The van der Waals surface area contributed by atoms with Gasteiger partial charge in [-0.3, -0.25) is 14.6 Å². The monoisotopic (exact) mass is 808 g/mol. The highest BCUT2D eigenvalue weighted by Gasteiger charge is 2.85. The Morgan fingerprint density at radius 2 is 1.98 bits per heavy atom. The van der Waals surface area contributed by atoms with Crippen molar-refractivity contribution in [3.05, 3.63) is 93.9 Å². The number of likely N-dealkylation sites (N-methyl/N-ethyl adjacent to an activating group) is 1. The number of Topliss-reactive ketones (excluding diaryl/α,β-unsaturated/α-hetero) is 2. The smallest absolute Gasteiger partial charge is 0.350 e. The number of nitrogens with zero attached hydrogens (tertiary/aromatic N) is 1. The zero-order chi connectivity index (χ0) is 42.0. The highest BCUT2D eigenvalue weighted by molar-refractivity contribution is 6.33. The summed E-state index contributed by atoms with van der Waals surface area (Å²) in [5.41, 5.74) is 7.05. The molecular weight excluding hydrogens is 743 g/mol. The zero-order valence-corrected chi connectivity index (χ0v) is 35.8. The molecule has 6 atom stereocenters. The average molecular weight is 808 g/mol. The number of nitrogens with one attached hydrogen (secondary N) is 5. The molecular formula is C47H65N7O5. The van der Waals surface area contributed by atoms with Crippen molar-refractivity contribution in [2.24, 2.45) is 33.9 Å². The lowest BCUT2D eigenvalue weighted by Gasteiger charge is -2.41. The number of allylic oxidation sites excluding steroid dienone is 3. The van der Waals surface area contributed by atoms with E-state index >= 15 is 4.79 Å². The lowest BCUT2D eigenvalue weighted by molar-refractivity contribution is -0.150. The summed E-state index contributed by atoms with van der Waals surface area (Å²) in [6, 6.07) is 5.22. The van der Waals surface area contributed by atoms with Gasteiger partial charge >= 0.3 is 5.97 Å². The van der Waals surface area contributed by atoms with Crippen LogP contribution in [0.5, 0.6) is 0 Å². The Bertz CT molecular complexity index is 1990. The van der Waals surface area contributed by atoms with Gasteiger partial charge in [0.15, 0.2) is 17.3 Å². The van der Waals surface area contributed by atoms with Crippen molar-refractivity contribution < 1.29 is 23.9 Å². The van der Waals surface area contributed by atoms with Gasteiger partial charge in [-0.05, 0) is 93.7 Å². The van der Waals surface area contributed by atoms with Gasteiger partial charge < -0.3 is 41.8 Å². The van der Waals surface area contributed by atoms with Gasteiger partial charge in [0.05, 0.1) is 19.3 Å². The van der Waals surface area contributed by atoms with Gasteiger partial charge in [-0.1, -0.05) is 87.8 Å². The maximum Gasteiger partial charge on any atom is 0.350 e. The first-order valence-corrected chi connectivity index (χ1v) is 21.8.